The van der Waals surface area contributed by atoms with Crippen molar-refractivity contribution < 1.29 is 15.0 Å². The molecule has 2 heterocycles. The number of benzene rings is 2. The molecule has 3 atom stereocenters. The number of aliphatic hydroxyl groups excluding tert-OH is 1. The molecule has 0 saturated carbocycles. The van der Waals surface area contributed by atoms with Crippen LogP contribution in [-0.4, -0.2) is 58.6 Å². The van der Waals surface area contributed by atoms with E-state index in [4.69, 9.17) is 16.7 Å². The molecule has 176 valence electrons. The summed E-state index contributed by atoms with van der Waals surface area (Å²) in [5.74, 6) is -0.905. The second-order valence-electron chi connectivity index (χ2n) is 9.62. The number of rotatable bonds is 5. The summed E-state index contributed by atoms with van der Waals surface area (Å²) in [4.78, 5) is 13.4. The molecule has 0 amide bonds. The van der Waals surface area contributed by atoms with Gasteiger partial charge in [-0.05, 0) is 48.3 Å². The van der Waals surface area contributed by atoms with Crippen molar-refractivity contribution in [1.82, 2.24) is 4.90 Å². The molecule has 2 aliphatic heterocycles. The van der Waals surface area contributed by atoms with Crippen LogP contribution in [-0.2, 0) is 4.79 Å². The number of anilines is 1. The highest BCUT2D eigenvalue weighted by Gasteiger charge is 2.43. The largest absolute Gasteiger partial charge is 0.480 e. The van der Waals surface area contributed by atoms with Crippen molar-refractivity contribution in [3.05, 3.63) is 76.9 Å². The van der Waals surface area contributed by atoms with Gasteiger partial charge in [-0.15, -0.1) is 0 Å². The zero-order chi connectivity index (χ0) is 24.0. The van der Waals surface area contributed by atoms with Gasteiger partial charge in [0.1, 0.15) is 6.04 Å². The van der Waals surface area contributed by atoms with Gasteiger partial charge in [0.25, 0.3) is 0 Å². The first kappa shape index (κ1) is 22.8. The monoisotopic (exact) mass is 477 g/mol. The first-order valence-electron chi connectivity index (χ1n) is 11.5. The lowest BCUT2D eigenvalue weighted by atomic mass is 9.80. The van der Waals surface area contributed by atoms with Crippen molar-refractivity contribution in [3.8, 4) is 11.1 Å². The van der Waals surface area contributed by atoms with Crippen LogP contribution in [0.1, 0.15) is 18.9 Å². The Hall–Kier alpha value is -2.93. The smallest absolute Gasteiger partial charge is 0.321 e. The van der Waals surface area contributed by atoms with E-state index in [1.54, 1.807) is 0 Å². The molecule has 1 saturated heterocycles. The summed E-state index contributed by atoms with van der Waals surface area (Å²) in [6.07, 6.45) is 3.65. The summed E-state index contributed by atoms with van der Waals surface area (Å²) < 4.78 is 0. The summed E-state index contributed by atoms with van der Waals surface area (Å²) in [5, 5.41) is 27.0. The molecule has 0 aromatic heterocycles. The normalized spacial score (nSPS) is 26.7. The minimum Gasteiger partial charge on any atom is -0.480 e. The Morgan fingerprint density at radius 2 is 1.97 bits per heavy atom. The molecule has 0 spiro atoms. The number of fused-ring (bicyclic) bond motifs is 1. The summed E-state index contributed by atoms with van der Waals surface area (Å²) in [5.41, 5.74) is 5.90. The standard InChI is InChI=1S/C27H28ClN3O3/c1-17-21(19-7-4-3-5-8-19)9-6-10-23(17)31-16-27(2)13-18(11-22(28)25(27)29-31)14-30-15-20(32)12-24(30)26(33)34/h3-11,13,20,24,32H,12,14-16H2,1-2H3,(H,33,34)/t20-,24-,27?/m0/s1. The Kier molecular flexibility index (Phi) is 5.84. The Labute approximate surface area is 204 Å². The third-order valence-electron chi connectivity index (χ3n) is 7.00. The average molecular weight is 478 g/mol. The summed E-state index contributed by atoms with van der Waals surface area (Å²) in [6, 6.07) is 15.9. The minimum atomic E-state index is -0.905. The first-order chi connectivity index (χ1) is 16.2. The lowest BCUT2D eigenvalue weighted by molar-refractivity contribution is -0.142. The number of carboxylic acids is 1. The van der Waals surface area contributed by atoms with E-state index in [0.29, 0.717) is 24.7 Å². The quantitative estimate of drug-likeness (QED) is 0.666. The number of nitrogens with zero attached hydrogens (tertiary/aromatic N) is 3. The number of likely N-dealkylation sites (tertiary alicyclic amines) is 1. The van der Waals surface area contributed by atoms with Crippen molar-refractivity contribution in [3.63, 3.8) is 0 Å². The van der Waals surface area contributed by atoms with Gasteiger partial charge < -0.3 is 10.2 Å². The zero-order valence-corrected chi connectivity index (χ0v) is 20.0. The predicted molar refractivity (Wildman–Crippen MR) is 135 cm³/mol. The Morgan fingerprint density at radius 1 is 1.21 bits per heavy atom. The van der Waals surface area contributed by atoms with E-state index in [2.05, 4.69) is 50.3 Å². The van der Waals surface area contributed by atoms with Crippen molar-refractivity contribution in [2.45, 2.75) is 32.4 Å². The average Bonchev–Trinajstić information content (AvgIpc) is 3.34. The van der Waals surface area contributed by atoms with Crippen LogP contribution >= 0.6 is 11.6 Å². The third-order valence-corrected chi connectivity index (χ3v) is 7.29. The molecule has 0 bridgehead atoms. The number of hydrogen-bond acceptors (Lipinski definition) is 5. The molecule has 34 heavy (non-hydrogen) atoms. The second kappa shape index (κ2) is 8.69. The van der Waals surface area contributed by atoms with Gasteiger partial charge in [-0.25, -0.2) is 0 Å². The van der Waals surface area contributed by atoms with Crippen LogP contribution in [0, 0.1) is 12.3 Å². The van der Waals surface area contributed by atoms with Gasteiger partial charge in [-0.1, -0.05) is 60.1 Å². The highest BCUT2D eigenvalue weighted by molar-refractivity contribution is 6.45. The summed E-state index contributed by atoms with van der Waals surface area (Å²) in [7, 11) is 0. The molecule has 1 fully saturated rings. The molecule has 3 aliphatic rings. The predicted octanol–water partition coefficient (Wildman–Crippen LogP) is 4.43. The van der Waals surface area contributed by atoms with E-state index in [9.17, 15) is 15.0 Å². The summed E-state index contributed by atoms with van der Waals surface area (Å²) >= 11 is 6.71. The summed E-state index contributed by atoms with van der Waals surface area (Å²) in [6.45, 7) is 5.64. The number of aliphatic hydroxyl groups is 1. The van der Waals surface area contributed by atoms with Crippen molar-refractivity contribution >= 4 is 29.0 Å². The van der Waals surface area contributed by atoms with Gasteiger partial charge >= 0.3 is 5.97 Å². The molecular formula is C27H28ClN3O3. The zero-order valence-electron chi connectivity index (χ0n) is 19.3. The number of carbonyl (C=O) groups is 1. The SMILES string of the molecule is Cc1c(-c2ccccc2)cccc1N1CC2(C)C=C(CN3C[C@@H](O)C[C@H]3C(=O)O)C=C(Cl)C2=N1. The van der Waals surface area contributed by atoms with Crippen LogP contribution in [0.4, 0.5) is 5.69 Å². The number of allylic oxidation sites excluding steroid dienone is 1. The van der Waals surface area contributed by atoms with Gasteiger partial charge in [-0.3, -0.25) is 14.7 Å². The molecule has 6 nitrogen and oxygen atoms in total. The Bertz CT molecular complexity index is 1220. The fourth-order valence-corrected chi connectivity index (χ4v) is 5.78. The lowest BCUT2D eigenvalue weighted by Crippen LogP contribution is -2.38. The molecule has 5 rings (SSSR count). The first-order valence-corrected chi connectivity index (χ1v) is 11.9. The number of halogens is 1. The van der Waals surface area contributed by atoms with Crippen molar-refractivity contribution in [2.24, 2.45) is 10.5 Å². The number of carboxylic acid groups (broad SMARTS) is 1. The molecule has 0 radical (unpaired) electrons. The van der Waals surface area contributed by atoms with E-state index < -0.39 is 23.5 Å². The van der Waals surface area contributed by atoms with Crippen LogP contribution in [0.3, 0.4) is 0 Å². The molecule has 1 unspecified atom stereocenters. The van der Waals surface area contributed by atoms with Gasteiger partial charge in [0.2, 0.25) is 0 Å². The maximum absolute atomic E-state index is 11.6. The maximum Gasteiger partial charge on any atom is 0.321 e. The van der Waals surface area contributed by atoms with Crippen molar-refractivity contribution in [1.29, 1.82) is 0 Å². The van der Waals surface area contributed by atoms with E-state index in [1.807, 2.05) is 34.2 Å². The van der Waals surface area contributed by atoms with Gasteiger partial charge in [-0.2, -0.15) is 5.10 Å². The molecule has 2 aromatic rings. The van der Waals surface area contributed by atoms with Crippen LogP contribution in [0.5, 0.6) is 0 Å². The highest BCUT2D eigenvalue weighted by atomic mass is 35.5. The van der Waals surface area contributed by atoms with Crippen LogP contribution in [0.15, 0.2) is 76.4 Å². The van der Waals surface area contributed by atoms with E-state index in [0.717, 1.165) is 22.5 Å². The van der Waals surface area contributed by atoms with E-state index in [1.165, 1.54) is 11.1 Å². The Morgan fingerprint density at radius 3 is 2.71 bits per heavy atom. The molecular weight excluding hydrogens is 450 g/mol. The number of aliphatic carboxylic acids is 1. The number of hydrogen-bond donors (Lipinski definition) is 2. The van der Waals surface area contributed by atoms with Crippen molar-refractivity contribution in [2.75, 3.05) is 24.6 Å². The van der Waals surface area contributed by atoms with Gasteiger partial charge in [0, 0.05) is 19.5 Å². The second-order valence-corrected chi connectivity index (χ2v) is 10.0. The number of β-amino-alcohol motifs (C(OH)–C–C–N with tert-alkyl or cyclic N) is 1. The number of hydrazone groups is 1. The fraction of sp³-hybridized carbons (Fsp3) is 0.333. The van der Waals surface area contributed by atoms with Crippen LogP contribution < -0.4 is 5.01 Å². The highest BCUT2D eigenvalue weighted by Crippen LogP contribution is 2.42. The lowest BCUT2D eigenvalue weighted by Gasteiger charge is -2.29. The molecule has 7 heteroatoms. The fourth-order valence-electron chi connectivity index (χ4n) is 5.38. The van der Waals surface area contributed by atoms with Crippen LogP contribution in [0.2, 0.25) is 0 Å². The third kappa shape index (κ3) is 4.06. The maximum atomic E-state index is 11.6. The van der Waals surface area contributed by atoms with E-state index in [-0.39, 0.29) is 6.42 Å². The van der Waals surface area contributed by atoms with Crippen LogP contribution in [0.25, 0.3) is 11.1 Å². The van der Waals surface area contributed by atoms with E-state index >= 15 is 0 Å². The molecule has 1 aliphatic carbocycles. The molecule has 2 aromatic carbocycles. The topological polar surface area (TPSA) is 76.4 Å². The van der Waals surface area contributed by atoms with Gasteiger partial charge in [0.15, 0.2) is 0 Å². The minimum absolute atomic E-state index is 0.245. The van der Waals surface area contributed by atoms with Gasteiger partial charge in [0.05, 0.1) is 34.5 Å². The molecule has 2 N–H and O–H groups in total. The Balaban J connectivity index is 1.42.